The largest absolute Gasteiger partial charge is 0.307 e. The Morgan fingerprint density at radius 3 is 2.75 bits per heavy atom. The van der Waals surface area contributed by atoms with Crippen LogP contribution in [0.1, 0.15) is 6.42 Å². The van der Waals surface area contributed by atoms with Gasteiger partial charge in [0.1, 0.15) is 0 Å². The van der Waals surface area contributed by atoms with Gasteiger partial charge in [0.2, 0.25) is 5.78 Å². The predicted octanol–water partition coefficient (Wildman–Crippen LogP) is -0.939. The maximum absolute atomic E-state index is 10.3. The molecule has 1 rings (SSSR count). The average Bonchev–Trinajstić information content (AvgIpc) is 1.77. The third kappa shape index (κ3) is 0.726. The molecule has 0 aromatic carbocycles. The molecule has 0 bridgehead atoms. The summed E-state index contributed by atoms with van der Waals surface area (Å²) in [5, 5.41) is 3.36. The molecule has 0 fully saturated rings. The van der Waals surface area contributed by atoms with E-state index in [1.165, 1.54) is 6.21 Å². The molecule has 0 spiro atoms. The maximum Gasteiger partial charge on any atom is 0.307 e. The van der Waals surface area contributed by atoms with Crippen LogP contribution in [0.25, 0.3) is 0 Å². The first-order chi connectivity index (χ1) is 3.80. The molecule has 1 amide bonds. The number of nitrogens with one attached hydrogen (secondary N) is 1. The lowest BCUT2D eigenvalue weighted by Gasteiger charge is -1.99. The van der Waals surface area contributed by atoms with Gasteiger partial charge in [0.25, 0.3) is 0 Å². The van der Waals surface area contributed by atoms with Gasteiger partial charge in [-0.15, -0.1) is 0 Å². The molecule has 0 saturated carbocycles. The molecule has 4 nitrogen and oxygen atoms in total. The van der Waals surface area contributed by atoms with Crippen LogP contribution in [-0.4, -0.2) is 17.9 Å². The SMILES string of the molecule is O=C1CC=NNC1=O. The van der Waals surface area contributed by atoms with Crippen molar-refractivity contribution in [2.75, 3.05) is 0 Å². The zero-order valence-corrected chi connectivity index (χ0v) is 4.05. The van der Waals surface area contributed by atoms with Gasteiger partial charge >= 0.3 is 5.91 Å². The Bertz CT molecular complexity index is 143. The summed E-state index contributed by atoms with van der Waals surface area (Å²) in [6.07, 6.45) is 1.50. The third-order valence-electron chi connectivity index (χ3n) is 0.787. The minimum Gasteiger partial charge on any atom is -0.288 e. The molecular formula is C4H4N2O2. The summed E-state index contributed by atoms with van der Waals surface area (Å²) in [5.41, 5.74) is 2.01. The van der Waals surface area contributed by atoms with E-state index < -0.39 is 11.7 Å². The minimum atomic E-state index is -0.618. The average molecular weight is 112 g/mol. The number of carbonyl (C=O) groups excluding carboxylic acids is 2. The summed E-state index contributed by atoms with van der Waals surface area (Å²) in [5.74, 6) is -1.05. The molecule has 4 heteroatoms. The van der Waals surface area contributed by atoms with Crippen LogP contribution in [0.2, 0.25) is 0 Å². The van der Waals surface area contributed by atoms with Gasteiger partial charge in [-0.05, 0) is 0 Å². The molecule has 0 aromatic heterocycles. The fourth-order valence-corrected chi connectivity index (χ4v) is 0.388. The molecule has 0 radical (unpaired) electrons. The number of carbonyl (C=O) groups is 2. The van der Waals surface area contributed by atoms with Crippen LogP contribution in [0.4, 0.5) is 0 Å². The van der Waals surface area contributed by atoms with Crippen molar-refractivity contribution >= 4 is 17.9 Å². The first-order valence-corrected chi connectivity index (χ1v) is 2.15. The van der Waals surface area contributed by atoms with Gasteiger partial charge in [0.05, 0.1) is 6.42 Å². The van der Waals surface area contributed by atoms with Crippen LogP contribution < -0.4 is 5.43 Å². The molecule has 0 aliphatic carbocycles. The summed E-state index contributed by atoms with van der Waals surface area (Å²) in [4.78, 5) is 20.5. The molecule has 1 aliphatic heterocycles. The Morgan fingerprint density at radius 1 is 1.62 bits per heavy atom. The minimum absolute atomic E-state index is 0.131. The van der Waals surface area contributed by atoms with E-state index >= 15 is 0 Å². The van der Waals surface area contributed by atoms with Crippen LogP contribution in [0.3, 0.4) is 0 Å². The highest BCUT2D eigenvalue weighted by molar-refractivity contribution is 6.39. The Morgan fingerprint density at radius 2 is 2.38 bits per heavy atom. The van der Waals surface area contributed by atoms with Gasteiger partial charge in [-0.3, -0.25) is 9.59 Å². The van der Waals surface area contributed by atoms with Crippen molar-refractivity contribution < 1.29 is 9.59 Å². The van der Waals surface area contributed by atoms with E-state index in [0.29, 0.717) is 0 Å². The molecule has 0 unspecified atom stereocenters. The van der Waals surface area contributed by atoms with Crippen LogP contribution in [0.5, 0.6) is 0 Å². The second kappa shape index (κ2) is 1.73. The van der Waals surface area contributed by atoms with E-state index in [4.69, 9.17) is 0 Å². The number of hydrogen-bond acceptors (Lipinski definition) is 3. The number of hydrogen-bond donors (Lipinski definition) is 1. The van der Waals surface area contributed by atoms with Crippen molar-refractivity contribution in [1.82, 2.24) is 5.43 Å². The molecule has 1 heterocycles. The lowest BCUT2D eigenvalue weighted by atomic mass is 10.3. The van der Waals surface area contributed by atoms with Crippen LogP contribution in [0, 0.1) is 0 Å². The summed E-state index contributed by atoms with van der Waals surface area (Å²) in [6, 6.07) is 0. The highest BCUT2D eigenvalue weighted by atomic mass is 16.2. The fraction of sp³-hybridized carbons (Fsp3) is 0.250. The van der Waals surface area contributed by atoms with E-state index in [9.17, 15) is 9.59 Å². The molecule has 0 atom stereocenters. The highest BCUT2D eigenvalue weighted by Crippen LogP contribution is 1.84. The molecule has 0 saturated heterocycles. The summed E-state index contributed by atoms with van der Waals surface area (Å²) >= 11 is 0. The summed E-state index contributed by atoms with van der Waals surface area (Å²) in [6.45, 7) is 0. The first-order valence-electron chi connectivity index (χ1n) is 2.15. The predicted molar refractivity (Wildman–Crippen MR) is 26.3 cm³/mol. The fourth-order valence-electron chi connectivity index (χ4n) is 0.388. The normalized spacial score (nSPS) is 18.5. The number of Topliss-reactive ketones (excluding diaryl/α,β-unsaturated/α-hetero) is 1. The molecule has 1 aliphatic rings. The standard InChI is InChI=1S/C4H4N2O2/c7-3-1-2-5-6-4(3)8/h2H,1H2,(H,6,8). The first kappa shape index (κ1) is 4.96. The van der Waals surface area contributed by atoms with Gasteiger partial charge in [0.15, 0.2) is 0 Å². The zero-order valence-electron chi connectivity index (χ0n) is 4.05. The van der Waals surface area contributed by atoms with Gasteiger partial charge in [-0.2, -0.15) is 5.10 Å². The lowest BCUT2D eigenvalue weighted by molar-refractivity contribution is -0.137. The van der Waals surface area contributed by atoms with Gasteiger partial charge in [0, 0.05) is 6.21 Å². The Balaban J connectivity index is 2.71. The van der Waals surface area contributed by atoms with Crippen molar-refractivity contribution in [3.63, 3.8) is 0 Å². The van der Waals surface area contributed by atoms with E-state index in [2.05, 4.69) is 5.10 Å². The molecule has 8 heavy (non-hydrogen) atoms. The number of ketones is 1. The number of rotatable bonds is 0. The smallest absolute Gasteiger partial charge is 0.288 e. The Hall–Kier alpha value is -1.19. The second-order valence-corrected chi connectivity index (χ2v) is 1.38. The number of nitrogens with zero attached hydrogens (tertiary/aromatic N) is 1. The monoisotopic (exact) mass is 112 g/mol. The van der Waals surface area contributed by atoms with Gasteiger partial charge in [-0.1, -0.05) is 0 Å². The Labute approximate surface area is 45.6 Å². The quantitative estimate of drug-likeness (QED) is 0.411. The van der Waals surface area contributed by atoms with Crippen molar-refractivity contribution in [2.24, 2.45) is 5.10 Å². The van der Waals surface area contributed by atoms with E-state index in [-0.39, 0.29) is 6.42 Å². The second-order valence-electron chi connectivity index (χ2n) is 1.38. The highest BCUT2D eigenvalue weighted by Gasteiger charge is 2.13. The molecule has 1 N–H and O–H groups in total. The van der Waals surface area contributed by atoms with Crippen LogP contribution in [-0.2, 0) is 9.59 Å². The maximum atomic E-state index is 10.3. The van der Waals surface area contributed by atoms with Gasteiger partial charge in [-0.25, -0.2) is 5.43 Å². The van der Waals surface area contributed by atoms with Gasteiger partial charge < -0.3 is 0 Å². The van der Waals surface area contributed by atoms with E-state index in [1.807, 2.05) is 5.43 Å². The molecule has 42 valence electrons. The molecular weight excluding hydrogens is 108 g/mol. The van der Waals surface area contributed by atoms with Crippen molar-refractivity contribution in [1.29, 1.82) is 0 Å². The van der Waals surface area contributed by atoms with Crippen LogP contribution in [0.15, 0.2) is 5.10 Å². The summed E-state index contributed by atoms with van der Waals surface area (Å²) in [7, 11) is 0. The van der Waals surface area contributed by atoms with Crippen molar-refractivity contribution in [2.45, 2.75) is 6.42 Å². The van der Waals surface area contributed by atoms with Crippen molar-refractivity contribution in [3.05, 3.63) is 0 Å². The number of amides is 1. The number of hydrazone groups is 1. The third-order valence-corrected chi connectivity index (χ3v) is 0.787. The zero-order chi connectivity index (χ0) is 5.98. The Kier molecular flexibility index (Phi) is 1.07. The molecule has 0 aromatic rings. The lowest BCUT2D eigenvalue weighted by Crippen LogP contribution is -2.30. The van der Waals surface area contributed by atoms with E-state index in [0.717, 1.165) is 0 Å². The van der Waals surface area contributed by atoms with Crippen LogP contribution >= 0.6 is 0 Å². The topological polar surface area (TPSA) is 58.5 Å². The van der Waals surface area contributed by atoms with E-state index in [1.54, 1.807) is 0 Å². The summed E-state index contributed by atoms with van der Waals surface area (Å²) < 4.78 is 0. The van der Waals surface area contributed by atoms with Crippen molar-refractivity contribution in [3.8, 4) is 0 Å².